The monoisotopic (exact) mass is 271 g/mol. The van der Waals surface area contributed by atoms with Gasteiger partial charge in [-0.15, -0.1) is 0 Å². The lowest BCUT2D eigenvalue weighted by atomic mass is 9.97. The van der Waals surface area contributed by atoms with Crippen molar-refractivity contribution in [2.75, 3.05) is 13.7 Å². The molecule has 0 heterocycles. The Bertz CT molecular complexity index is 649. The Balaban J connectivity index is 2.48. The number of hydrogen-bond acceptors (Lipinski definition) is 3. The Morgan fingerprint density at radius 2 is 2.10 bits per heavy atom. The fourth-order valence-electron chi connectivity index (χ4n) is 2.34. The molecule has 4 heteroatoms. The highest BCUT2D eigenvalue weighted by molar-refractivity contribution is 6.02. The van der Waals surface area contributed by atoms with Gasteiger partial charge in [-0.1, -0.05) is 24.3 Å². The van der Waals surface area contributed by atoms with E-state index in [0.717, 1.165) is 22.6 Å². The summed E-state index contributed by atoms with van der Waals surface area (Å²) in [6.45, 7) is 2.03. The highest BCUT2D eigenvalue weighted by Gasteiger charge is 2.11. The van der Waals surface area contributed by atoms with Crippen molar-refractivity contribution in [2.24, 2.45) is 0 Å². The van der Waals surface area contributed by atoms with Crippen LogP contribution < -0.4 is 10.1 Å². The van der Waals surface area contributed by atoms with E-state index in [4.69, 9.17) is 4.74 Å². The molecule has 0 fully saturated rings. The summed E-state index contributed by atoms with van der Waals surface area (Å²) in [4.78, 5) is 22.3. The summed E-state index contributed by atoms with van der Waals surface area (Å²) in [5, 5.41) is 4.66. The SMILES string of the molecule is COc1ccc2cccc(CCNC(C)=O)c2c1C=O. The molecule has 1 amide bonds. The third kappa shape index (κ3) is 2.79. The van der Waals surface area contributed by atoms with Gasteiger partial charge in [-0.3, -0.25) is 9.59 Å². The zero-order valence-corrected chi connectivity index (χ0v) is 11.6. The van der Waals surface area contributed by atoms with Gasteiger partial charge in [0.1, 0.15) is 5.75 Å². The molecule has 2 aromatic rings. The quantitative estimate of drug-likeness (QED) is 0.849. The first-order valence-corrected chi connectivity index (χ1v) is 6.45. The van der Waals surface area contributed by atoms with Crippen LogP contribution in [0.2, 0.25) is 0 Å². The smallest absolute Gasteiger partial charge is 0.216 e. The number of amides is 1. The number of aldehydes is 1. The van der Waals surface area contributed by atoms with Crippen molar-refractivity contribution in [1.82, 2.24) is 5.32 Å². The molecule has 1 N–H and O–H groups in total. The molecular formula is C16H17NO3. The van der Waals surface area contributed by atoms with Crippen molar-refractivity contribution in [3.63, 3.8) is 0 Å². The maximum Gasteiger partial charge on any atom is 0.216 e. The third-order valence-corrected chi connectivity index (χ3v) is 3.24. The Kier molecular flexibility index (Phi) is 4.35. The zero-order chi connectivity index (χ0) is 14.5. The molecule has 0 unspecified atom stereocenters. The first-order chi connectivity index (χ1) is 9.67. The summed E-state index contributed by atoms with van der Waals surface area (Å²) in [5.74, 6) is 0.512. The highest BCUT2D eigenvalue weighted by atomic mass is 16.5. The van der Waals surface area contributed by atoms with E-state index in [1.54, 1.807) is 13.2 Å². The molecule has 0 aliphatic carbocycles. The standard InChI is InChI=1S/C16H17NO3/c1-11(19)17-9-8-13-5-3-4-12-6-7-15(20-2)14(10-18)16(12)13/h3-7,10H,8-9H2,1-2H3,(H,17,19). The van der Waals surface area contributed by atoms with E-state index in [1.165, 1.54) is 6.92 Å². The molecular weight excluding hydrogens is 254 g/mol. The summed E-state index contributed by atoms with van der Waals surface area (Å²) in [6, 6.07) is 9.61. The van der Waals surface area contributed by atoms with Crippen LogP contribution in [0.15, 0.2) is 30.3 Å². The van der Waals surface area contributed by atoms with Crippen LogP contribution in [0.4, 0.5) is 0 Å². The second kappa shape index (κ2) is 6.19. The van der Waals surface area contributed by atoms with E-state index in [2.05, 4.69) is 5.32 Å². The number of nitrogens with one attached hydrogen (secondary N) is 1. The van der Waals surface area contributed by atoms with E-state index in [1.807, 2.05) is 24.3 Å². The van der Waals surface area contributed by atoms with Crippen LogP contribution >= 0.6 is 0 Å². The largest absolute Gasteiger partial charge is 0.496 e. The first-order valence-electron chi connectivity index (χ1n) is 6.45. The van der Waals surface area contributed by atoms with Gasteiger partial charge in [-0.2, -0.15) is 0 Å². The maximum atomic E-state index is 11.4. The van der Waals surface area contributed by atoms with Crippen LogP contribution in [-0.2, 0) is 11.2 Å². The minimum Gasteiger partial charge on any atom is -0.496 e. The molecule has 2 rings (SSSR count). The summed E-state index contributed by atoms with van der Waals surface area (Å²) >= 11 is 0. The molecule has 4 nitrogen and oxygen atoms in total. The molecule has 0 bridgehead atoms. The van der Waals surface area contributed by atoms with Gasteiger partial charge in [0.05, 0.1) is 12.7 Å². The lowest BCUT2D eigenvalue weighted by molar-refractivity contribution is -0.118. The Hall–Kier alpha value is -2.36. The molecule has 0 aliphatic rings. The number of carbonyl (C=O) groups is 2. The van der Waals surface area contributed by atoms with Gasteiger partial charge in [0.15, 0.2) is 6.29 Å². The molecule has 0 radical (unpaired) electrons. The Morgan fingerprint density at radius 1 is 1.30 bits per heavy atom. The fourth-order valence-corrected chi connectivity index (χ4v) is 2.34. The van der Waals surface area contributed by atoms with Crippen molar-refractivity contribution < 1.29 is 14.3 Å². The number of fused-ring (bicyclic) bond motifs is 1. The lowest BCUT2D eigenvalue weighted by Gasteiger charge is -2.12. The Labute approximate surface area is 117 Å². The van der Waals surface area contributed by atoms with Gasteiger partial charge in [0.25, 0.3) is 0 Å². The third-order valence-electron chi connectivity index (χ3n) is 3.24. The molecule has 0 aliphatic heterocycles. The van der Waals surface area contributed by atoms with Gasteiger partial charge in [-0.05, 0) is 28.8 Å². The predicted molar refractivity (Wildman–Crippen MR) is 78.3 cm³/mol. The van der Waals surface area contributed by atoms with Gasteiger partial charge < -0.3 is 10.1 Å². The number of hydrogen-bond donors (Lipinski definition) is 1. The number of ether oxygens (including phenoxy) is 1. The van der Waals surface area contributed by atoms with E-state index in [9.17, 15) is 9.59 Å². The molecule has 0 spiro atoms. The van der Waals surface area contributed by atoms with Crippen molar-refractivity contribution in [3.05, 3.63) is 41.5 Å². The van der Waals surface area contributed by atoms with Crippen LogP contribution in [0.1, 0.15) is 22.8 Å². The van der Waals surface area contributed by atoms with Crippen LogP contribution in [0.3, 0.4) is 0 Å². The van der Waals surface area contributed by atoms with Crippen molar-refractivity contribution >= 4 is 23.0 Å². The lowest BCUT2D eigenvalue weighted by Crippen LogP contribution is -2.22. The van der Waals surface area contributed by atoms with Crippen molar-refractivity contribution in [1.29, 1.82) is 0 Å². The normalized spacial score (nSPS) is 10.3. The van der Waals surface area contributed by atoms with E-state index < -0.39 is 0 Å². The van der Waals surface area contributed by atoms with E-state index in [-0.39, 0.29) is 5.91 Å². The maximum absolute atomic E-state index is 11.4. The number of benzene rings is 2. The fraction of sp³-hybridized carbons (Fsp3) is 0.250. The van der Waals surface area contributed by atoms with Crippen LogP contribution in [0.25, 0.3) is 10.8 Å². The highest BCUT2D eigenvalue weighted by Crippen LogP contribution is 2.29. The van der Waals surface area contributed by atoms with E-state index in [0.29, 0.717) is 24.3 Å². The van der Waals surface area contributed by atoms with Gasteiger partial charge in [0.2, 0.25) is 5.91 Å². The molecule has 0 aromatic heterocycles. The van der Waals surface area contributed by atoms with Gasteiger partial charge >= 0.3 is 0 Å². The molecule has 20 heavy (non-hydrogen) atoms. The molecule has 0 saturated heterocycles. The second-order valence-electron chi connectivity index (χ2n) is 4.55. The first kappa shape index (κ1) is 14.1. The molecule has 0 saturated carbocycles. The number of methoxy groups -OCH3 is 1. The minimum absolute atomic E-state index is 0.0570. The van der Waals surface area contributed by atoms with Crippen LogP contribution in [0, 0.1) is 0 Å². The van der Waals surface area contributed by atoms with Gasteiger partial charge in [0, 0.05) is 13.5 Å². The molecule has 104 valence electrons. The summed E-state index contributed by atoms with van der Waals surface area (Å²) in [6.07, 6.45) is 1.49. The summed E-state index contributed by atoms with van der Waals surface area (Å²) in [7, 11) is 1.55. The number of rotatable bonds is 5. The predicted octanol–water partition coefficient (Wildman–Crippen LogP) is 2.34. The average Bonchev–Trinajstić information content (AvgIpc) is 2.45. The van der Waals surface area contributed by atoms with Crippen molar-refractivity contribution in [3.8, 4) is 5.75 Å². The summed E-state index contributed by atoms with van der Waals surface area (Å²) in [5.41, 5.74) is 1.58. The summed E-state index contributed by atoms with van der Waals surface area (Å²) < 4.78 is 5.24. The number of carbonyl (C=O) groups excluding carboxylic acids is 2. The van der Waals surface area contributed by atoms with Gasteiger partial charge in [-0.25, -0.2) is 0 Å². The van der Waals surface area contributed by atoms with E-state index >= 15 is 0 Å². The minimum atomic E-state index is -0.0570. The average molecular weight is 271 g/mol. The second-order valence-corrected chi connectivity index (χ2v) is 4.55. The van der Waals surface area contributed by atoms with Crippen LogP contribution in [0.5, 0.6) is 5.75 Å². The topological polar surface area (TPSA) is 55.4 Å². The Morgan fingerprint density at radius 3 is 2.75 bits per heavy atom. The van der Waals surface area contributed by atoms with Crippen molar-refractivity contribution in [2.45, 2.75) is 13.3 Å². The molecule has 2 aromatic carbocycles. The zero-order valence-electron chi connectivity index (χ0n) is 11.6. The van der Waals surface area contributed by atoms with Crippen LogP contribution in [-0.4, -0.2) is 25.8 Å². The molecule has 0 atom stereocenters.